The van der Waals surface area contributed by atoms with Gasteiger partial charge in [0.2, 0.25) is 0 Å². The van der Waals surface area contributed by atoms with Crippen LogP contribution >= 0.6 is 0 Å². The van der Waals surface area contributed by atoms with Crippen LogP contribution in [-0.4, -0.2) is 9.55 Å². The zero-order chi connectivity index (χ0) is 13.9. The number of hydrogen-bond acceptors (Lipinski definition) is 1. The molecule has 0 saturated heterocycles. The van der Waals surface area contributed by atoms with Crippen LogP contribution in [0.2, 0.25) is 0 Å². The number of imidazole rings is 1. The van der Waals surface area contributed by atoms with Crippen molar-refractivity contribution in [2.75, 3.05) is 0 Å². The van der Waals surface area contributed by atoms with Crippen LogP contribution in [-0.2, 0) is 12.6 Å². The number of alkyl halides is 3. The van der Waals surface area contributed by atoms with Crippen LogP contribution in [0, 0.1) is 12.0 Å². The Morgan fingerprint density at radius 2 is 1.89 bits per heavy atom. The lowest BCUT2D eigenvalue weighted by Gasteiger charge is -2.05. The molecule has 5 heteroatoms. The van der Waals surface area contributed by atoms with Gasteiger partial charge in [-0.1, -0.05) is 6.92 Å². The number of benzene rings is 1. The third-order valence-corrected chi connectivity index (χ3v) is 2.57. The summed E-state index contributed by atoms with van der Waals surface area (Å²) in [6.07, 6.45) is -0.212. The maximum Gasteiger partial charge on any atom is 0.416 e. The fraction of sp³-hybridized carbons (Fsp3) is 0.214. The summed E-state index contributed by atoms with van der Waals surface area (Å²) in [7, 11) is 0. The van der Waals surface area contributed by atoms with E-state index in [1.54, 1.807) is 17.0 Å². The second-order valence-corrected chi connectivity index (χ2v) is 3.88. The topological polar surface area (TPSA) is 17.8 Å². The van der Waals surface area contributed by atoms with Crippen molar-refractivity contribution in [3.8, 4) is 12.0 Å². The molecule has 0 amide bonds. The molecule has 2 aromatic rings. The molecule has 0 aliphatic rings. The fourth-order valence-corrected chi connectivity index (χ4v) is 1.57. The first-order chi connectivity index (χ1) is 9.00. The third kappa shape index (κ3) is 3.16. The molecule has 0 N–H and O–H groups in total. The summed E-state index contributed by atoms with van der Waals surface area (Å²) in [6, 6.07) is 7.61. The van der Waals surface area contributed by atoms with E-state index in [9.17, 15) is 13.2 Å². The van der Waals surface area contributed by atoms with Gasteiger partial charge in [-0.2, -0.15) is 13.2 Å². The van der Waals surface area contributed by atoms with Crippen molar-refractivity contribution in [1.29, 1.82) is 0 Å². The Morgan fingerprint density at radius 3 is 2.47 bits per heavy atom. The number of aromatic nitrogens is 2. The van der Waals surface area contributed by atoms with Crippen molar-refractivity contribution in [2.24, 2.45) is 0 Å². The Bertz CT molecular complexity index is 613. The van der Waals surface area contributed by atoms with E-state index in [1.807, 2.05) is 6.92 Å². The lowest BCUT2D eigenvalue weighted by atomic mass is 10.1. The average Bonchev–Trinajstić information content (AvgIpc) is 2.83. The van der Waals surface area contributed by atoms with Crippen LogP contribution in [0.15, 0.2) is 36.7 Å². The minimum atomic E-state index is -4.31. The highest BCUT2D eigenvalue weighted by atomic mass is 19.4. The first-order valence-corrected chi connectivity index (χ1v) is 5.72. The van der Waals surface area contributed by atoms with Gasteiger partial charge in [-0.15, -0.1) is 0 Å². The van der Waals surface area contributed by atoms with E-state index in [2.05, 4.69) is 16.9 Å². The average molecular weight is 264 g/mol. The summed E-state index contributed by atoms with van der Waals surface area (Å²) in [4.78, 5) is 4.11. The number of halogens is 3. The van der Waals surface area contributed by atoms with Crippen molar-refractivity contribution in [1.82, 2.24) is 9.55 Å². The van der Waals surface area contributed by atoms with E-state index in [0.29, 0.717) is 5.56 Å². The van der Waals surface area contributed by atoms with E-state index in [4.69, 9.17) is 0 Å². The first-order valence-electron chi connectivity index (χ1n) is 5.72. The molecule has 1 aromatic carbocycles. The molecule has 0 saturated carbocycles. The molecule has 0 spiro atoms. The van der Waals surface area contributed by atoms with Gasteiger partial charge in [-0.3, -0.25) is 4.57 Å². The van der Waals surface area contributed by atoms with E-state index < -0.39 is 11.7 Å². The van der Waals surface area contributed by atoms with Crippen molar-refractivity contribution in [3.05, 3.63) is 53.6 Å². The molecule has 0 atom stereocenters. The maximum absolute atomic E-state index is 12.4. The van der Waals surface area contributed by atoms with Crippen LogP contribution in [0.4, 0.5) is 13.2 Å². The molecule has 98 valence electrons. The first kappa shape index (κ1) is 13.2. The molecule has 0 radical (unpaired) electrons. The van der Waals surface area contributed by atoms with Crippen LogP contribution < -0.4 is 0 Å². The number of rotatable bonds is 1. The van der Waals surface area contributed by atoms with Crippen LogP contribution in [0.25, 0.3) is 0 Å². The molecule has 0 bridgehead atoms. The van der Waals surface area contributed by atoms with E-state index in [0.717, 1.165) is 24.4 Å². The summed E-state index contributed by atoms with van der Waals surface area (Å²) in [5.74, 6) is 3.62. The molecule has 0 fully saturated rings. The SMILES string of the molecule is CCc1nccn1C#Cc1ccc(C(F)(F)F)cc1. The van der Waals surface area contributed by atoms with Gasteiger partial charge in [0.15, 0.2) is 0 Å². The molecular weight excluding hydrogens is 253 g/mol. The summed E-state index contributed by atoms with van der Waals surface area (Å²) < 4.78 is 38.8. The molecule has 0 unspecified atom stereocenters. The molecular formula is C14H11F3N2. The molecule has 0 aliphatic carbocycles. The lowest BCUT2D eigenvalue weighted by Crippen LogP contribution is -2.04. The fourth-order valence-electron chi connectivity index (χ4n) is 1.57. The van der Waals surface area contributed by atoms with Gasteiger partial charge in [0.05, 0.1) is 5.56 Å². The Morgan fingerprint density at radius 1 is 1.21 bits per heavy atom. The Balaban J connectivity index is 2.22. The highest BCUT2D eigenvalue weighted by Gasteiger charge is 2.29. The van der Waals surface area contributed by atoms with Gasteiger partial charge in [0, 0.05) is 30.4 Å². The lowest BCUT2D eigenvalue weighted by molar-refractivity contribution is -0.137. The highest BCUT2D eigenvalue weighted by molar-refractivity contribution is 5.37. The maximum atomic E-state index is 12.4. The second-order valence-electron chi connectivity index (χ2n) is 3.88. The second kappa shape index (κ2) is 5.19. The van der Waals surface area contributed by atoms with Crippen LogP contribution in [0.1, 0.15) is 23.9 Å². The summed E-state index contributed by atoms with van der Waals surface area (Å²) in [6.45, 7) is 1.96. The third-order valence-electron chi connectivity index (χ3n) is 2.57. The van der Waals surface area contributed by atoms with Gasteiger partial charge < -0.3 is 0 Å². The Labute approximate surface area is 108 Å². The largest absolute Gasteiger partial charge is 0.416 e. The van der Waals surface area contributed by atoms with E-state index >= 15 is 0 Å². The minimum absolute atomic E-state index is 0.531. The van der Waals surface area contributed by atoms with E-state index in [1.165, 1.54) is 12.1 Å². The normalized spacial score (nSPS) is 10.9. The summed E-state index contributed by atoms with van der Waals surface area (Å²) in [5, 5.41) is 0. The van der Waals surface area contributed by atoms with Crippen molar-refractivity contribution < 1.29 is 13.2 Å². The molecule has 2 nitrogen and oxygen atoms in total. The quantitative estimate of drug-likeness (QED) is 0.722. The van der Waals surface area contributed by atoms with Gasteiger partial charge in [0.25, 0.3) is 0 Å². The zero-order valence-corrected chi connectivity index (χ0v) is 10.2. The Hall–Kier alpha value is -2.22. The van der Waals surface area contributed by atoms with Gasteiger partial charge in [-0.25, -0.2) is 4.98 Å². The number of aryl methyl sites for hydroxylation is 1. The smallest absolute Gasteiger partial charge is 0.262 e. The predicted molar refractivity (Wildman–Crippen MR) is 65.3 cm³/mol. The molecule has 2 rings (SSSR count). The minimum Gasteiger partial charge on any atom is -0.262 e. The van der Waals surface area contributed by atoms with Crippen molar-refractivity contribution in [2.45, 2.75) is 19.5 Å². The van der Waals surface area contributed by atoms with Crippen LogP contribution in [0.5, 0.6) is 0 Å². The predicted octanol–water partition coefficient (Wildman–Crippen LogP) is 3.32. The number of hydrogen-bond donors (Lipinski definition) is 0. The molecule has 1 aromatic heterocycles. The summed E-state index contributed by atoms with van der Waals surface area (Å²) in [5.41, 5.74) is -0.140. The Kier molecular flexibility index (Phi) is 3.61. The summed E-state index contributed by atoms with van der Waals surface area (Å²) >= 11 is 0. The van der Waals surface area contributed by atoms with E-state index in [-0.39, 0.29) is 0 Å². The molecule has 0 aliphatic heterocycles. The standard InChI is InChI=1S/C14H11F3N2/c1-2-13-18-8-10-19(13)9-7-11-3-5-12(6-4-11)14(15,16)17/h3-6,8,10H,2H2,1H3. The van der Waals surface area contributed by atoms with Crippen molar-refractivity contribution in [3.63, 3.8) is 0 Å². The zero-order valence-electron chi connectivity index (χ0n) is 10.2. The highest BCUT2D eigenvalue weighted by Crippen LogP contribution is 2.28. The van der Waals surface area contributed by atoms with Gasteiger partial charge >= 0.3 is 6.18 Å². The molecule has 1 heterocycles. The monoisotopic (exact) mass is 264 g/mol. The van der Waals surface area contributed by atoms with Crippen LogP contribution in [0.3, 0.4) is 0 Å². The van der Waals surface area contributed by atoms with Crippen molar-refractivity contribution >= 4 is 0 Å². The molecule has 19 heavy (non-hydrogen) atoms. The number of nitrogens with zero attached hydrogens (tertiary/aromatic N) is 2. The van der Waals surface area contributed by atoms with Gasteiger partial charge in [0.1, 0.15) is 5.82 Å². The van der Waals surface area contributed by atoms with Gasteiger partial charge in [-0.05, 0) is 30.2 Å².